The molecule has 1 fully saturated rings. The van der Waals surface area contributed by atoms with E-state index in [4.69, 9.17) is 10.2 Å². The molecule has 2 N–H and O–H groups in total. The number of para-hydroxylation sites is 2. The molecule has 226 valence electrons. The molecule has 2 atom stereocenters. The molecule has 0 amide bonds. The number of aliphatic hydroxyl groups excluding tert-OH is 2. The average molecular weight is 752 g/mol. The van der Waals surface area contributed by atoms with Crippen LogP contribution in [0.2, 0.25) is 0 Å². The summed E-state index contributed by atoms with van der Waals surface area (Å²) in [7, 11) is 0. The van der Waals surface area contributed by atoms with Crippen LogP contribution < -0.4 is 20.5 Å². The molecule has 4 aromatic rings. The molecule has 0 radical (unpaired) electrons. The van der Waals surface area contributed by atoms with E-state index in [9.17, 15) is 0 Å². The maximum absolute atomic E-state index is 8.56. The molecule has 0 saturated carbocycles. The third-order valence-corrected chi connectivity index (χ3v) is 8.88. The zero-order valence-corrected chi connectivity index (χ0v) is 28.4. The fourth-order valence-corrected chi connectivity index (χ4v) is 6.75. The first-order valence-electron chi connectivity index (χ1n) is 15.2. The topological polar surface area (TPSA) is 46.9 Å². The first-order chi connectivity index (χ1) is 20.6. The molecule has 43 heavy (non-hydrogen) atoms. The summed E-state index contributed by atoms with van der Waals surface area (Å²) in [4.78, 5) is 4.95. The zero-order valence-electron chi connectivity index (χ0n) is 26.1. The van der Waals surface area contributed by atoms with E-state index in [2.05, 4.69) is 154 Å². The van der Waals surface area contributed by atoms with Gasteiger partial charge in [-0.05, 0) is 20.3 Å². The molecule has 2 unspecified atom stereocenters. The maximum Gasteiger partial charge on any atom is 0.0536 e. The molecule has 5 rings (SSSR count). The minimum Gasteiger partial charge on any atom is -0.393 e. The Morgan fingerprint density at radius 2 is 1.09 bits per heavy atom. The van der Waals surface area contributed by atoms with Crippen molar-refractivity contribution in [1.29, 1.82) is 0 Å². The van der Waals surface area contributed by atoms with Gasteiger partial charge in [-0.15, -0.1) is 0 Å². The van der Waals surface area contributed by atoms with Crippen molar-refractivity contribution in [2.75, 3.05) is 9.62 Å². The fourth-order valence-electron chi connectivity index (χ4n) is 5.55. The predicted molar refractivity (Wildman–Crippen MR) is 182 cm³/mol. The van der Waals surface area contributed by atoms with Gasteiger partial charge in [0.2, 0.25) is 0 Å². The van der Waals surface area contributed by atoms with Crippen LogP contribution in [0.15, 0.2) is 103 Å². The van der Waals surface area contributed by atoms with E-state index >= 15 is 0 Å². The summed E-state index contributed by atoms with van der Waals surface area (Å²) in [5.74, 6) is 1.02. The second kappa shape index (κ2) is 15.2. The number of anilines is 2. The third kappa shape index (κ3) is 8.18. The molecule has 1 aliphatic heterocycles. The van der Waals surface area contributed by atoms with Gasteiger partial charge in [0.1, 0.15) is 0 Å². The van der Waals surface area contributed by atoms with Crippen molar-refractivity contribution in [2.45, 2.75) is 72.0 Å². The monoisotopic (exact) mass is 752 g/mol. The first-order valence-corrected chi connectivity index (χ1v) is 16.4. The van der Waals surface area contributed by atoms with E-state index in [1.165, 1.54) is 31.9 Å². The number of hydrogen-bond donors (Lipinski definition) is 2. The molecular weight excluding hydrogens is 709 g/mol. The molecule has 1 heterocycles. The number of benzene rings is 4. The van der Waals surface area contributed by atoms with Crippen molar-refractivity contribution in [3.05, 3.63) is 120 Å². The van der Waals surface area contributed by atoms with E-state index < -0.39 is 0 Å². The third-order valence-electron chi connectivity index (χ3n) is 7.78. The minimum atomic E-state index is -0.375. The molecule has 0 bridgehead atoms. The van der Waals surface area contributed by atoms with Gasteiger partial charge in [0.25, 0.3) is 0 Å². The normalized spacial score (nSPS) is 14.7. The smallest absolute Gasteiger partial charge is 0.0536 e. The van der Waals surface area contributed by atoms with Crippen LogP contribution in [0.4, 0.5) is 11.4 Å². The van der Waals surface area contributed by atoms with Gasteiger partial charge in [0.05, 0.1) is 12.2 Å². The Bertz CT molecular complexity index is 1320. The zero-order chi connectivity index (χ0) is 31.1. The van der Waals surface area contributed by atoms with Gasteiger partial charge < -0.3 is 10.2 Å². The molecule has 1 saturated heterocycles. The Labute approximate surface area is 270 Å². The van der Waals surface area contributed by atoms with Crippen LogP contribution in [-0.2, 0) is 19.4 Å². The Morgan fingerprint density at radius 1 is 0.628 bits per heavy atom. The van der Waals surface area contributed by atoms with Gasteiger partial charge in [-0.2, -0.15) is 0 Å². The summed E-state index contributed by atoms with van der Waals surface area (Å²) in [5, 5.41) is 17.1. The molecule has 4 nitrogen and oxygen atoms in total. The summed E-state index contributed by atoms with van der Waals surface area (Å²) >= 11 is 2.51. The molecule has 0 spiro atoms. The maximum atomic E-state index is 8.56. The van der Waals surface area contributed by atoms with Crippen LogP contribution in [0.3, 0.4) is 0 Å². The Balaban J connectivity index is 0.000000541. The summed E-state index contributed by atoms with van der Waals surface area (Å²) in [5.41, 5.74) is 7.64. The Morgan fingerprint density at radius 3 is 1.49 bits per heavy atom. The van der Waals surface area contributed by atoms with Gasteiger partial charge in [-0.1, -0.05) is 0 Å². The largest absolute Gasteiger partial charge is 0.393 e. The molecule has 4 aromatic carbocycles. The number of rotatable bonds is 8. The summed E-state index contributed by atoms with van der Waals surface area (Å²) in [6.07, 6.45) is -0.278. The quantitative estimate of drug-likeness (QED) is 0.179. The van der Waals surface area contributed by atoms with E-state index in [0.29, 0.717) is 18.3 Å². The van der Waals surface area contributed by atoms with Crippen LogP contribution >= 0.6 is 0 Å². The number of nitrogens with zero attached hydrogens (tertiary/aromatic N) is 2. The van der Waals surface area contributed by atoms with Gasteiger partial charge in [-0.3, -0.25) is 0 Å². The summed E-state index contributed by atoms with van der Waals surface area (Å²) in [6.45, 7) is 12.5. The van der Waals surface area contributed by atoms with Crippen molar-refractivity contribution in [2.24, 2.45) is 0 Å². The van der Waals surface area contributed by atoms with Crippen molar-refractivity contribution < 1.29 is 29.6 Å². The van der Waals surface area contributed by atoms with Crippen LogP contribution in [0.5, 0.6) is 0 Å². The second-order valence-electron chi connectivity index (χ2n) is 12.0. The predicted octanol–water partition coefficient (Wildman–Crippen LogP) is 5.71. The van der Waals surface area contributed by atoms with Gasteiger partial charge in [0, 0.05) is 0 Å². The van der Waals surface area contributed by atoms with E-state index in [-0.39, 0.29) is 25.7 Å². The van der Waals surface area contributed by atoms with Gasteiger partial charge >= 0.3 is 229 Å². The van der Waals surface area contributed by atoms with Crippen LogP contribution in [0.1, 0.15) is 70.9 Å². The SMILES string of the molecule is CC(C)c1ccc(B2B(c3ccc(C(C)C)cc3)N(c3ccccc3)[C](=[Pt])N2c2[c-]cccc2)cc1.CC(O)CC(C)O. The van der Waals surface area contributed by atoms with Crippen molar-refractivity contribution >= 4 is 39.9 Å². The number of aliphatic hydroxyl groups is 2. The van der Waals surface area contributed by atoms with Crippen LogP contribution in [-0.4, -0.2) is 40.0 Å². The average Bonchev–Trinajstić information content (AvgIpc) is 3.30. The molecule has 1 aliphatic rings. The van der Waals surface area contributed by atoms with Crippen molar-refractivity contribution in [3.63, 3.8) is 0 Å². The van der Waals surface area contributed by atoms with Gasteiger partial charge in [0.15, 0.2) is 0 Å². The van der Waals surface area contributed by atoms with Crippen molar-refractivity contribution in [3.8, 4) is 0 Å². The summed E-state index contributed by atoms with van der Waals surface area (Å²) in [6, 6.07) is 41.1. The second-order valence-corrected chi connectivity index (χ2v) is 13.0. The van der Waals surface area contributed by atoms with Crippen LogP contribution in [0, 0.1) is 6.07 Å². The van der Waals surface area contributed by atoms with E-state index in [1.54, 1.807) is 13.8 Å². The fraction of sp³-hybridized carbons (Fsp3) is 0.306. The molecule has 0 aromatic heterocycles. The Hall–Kier alpha value is -2.91. The molecule has 7 heteroatoms. The first kappa shape index (κ1) is 33.0. The minimum absolute atomic E-state index is 0.0995. The molecular formula is C36H43B2N2O2Pt-. The number of hydrogen-bond acceptors (Lipinski definition) is 4. The van der Waals surface area contributed by atoms with E-state index in [0.717, 1.165) is 5.69 Å². The molecule has 0 aliphatic carbocycles. The van der Waals surface area contributed by atoms with E-state index in [1.807, 2.05) is 12.1 Å². The Kier molecular flexibility index (Phi) is 11.7. The standard InChI is InChI=1S/C31H31B2N2.C5H12O2.Pt/c1-24(2)26-15-19-28(20-16-26)32-33(29-21-17-27(18-22-29)25(3)4)35(31-13-9-6-10-14-31)23-34(32)30-11-7-5-8-12-30;1-4(6)3-5(2)7;/h5-13,15-22,24-25H,1-4H3;4-7H,3H2,1-2H3;/q-1;;. The summed E-state index contributed by atoms with van der Waals surface area (Å²) < 4.78 is 1.18. The van der Waals surface area contributed by atoms with Crippen LogP contribution in [0.25, 0.3) is 0 Å². The van der Waals surface area contributed by atoms with Crippen molar-refractivity contribution in [1.82, 2.24) is 0 Å². The van der Waals surface area contributed by atoms with Gasteiger partial charge in [-0.25, -0.2) is 0 Å².